The van der Waals surface area contributed by atoms with Gasteiger partial charge in [0.1, 0.15) is 5.82 Å². The van der Waals surface area contributed by atoms with Crippen molar-refractivity contribution in [2.45, 2.75) is 39.2 Å². The average Bonchev–Trinajstić information content (AvgIpc) is 2.72. The van der Waals surface area contributed by atoms with Crippen molar-refractivity contribution in [2.75, 3.05) is 18.4 Å². The molecule has 2 aromatic rings. The number of nitrogens with one attached hydrogen (secondary N) is 2. The van der Waals surface area contributed by atoms with Crippen LogP contribution in [0.2, 0.25) is 5.02 Å². The van der Waals surface area contributed by atoms with Crippen molar-refractivity contribution in [3.8, 4) is 0 Å². The maximum atomic E-state index is 13.1. The number of benzene rings is 2. The minimum atomic E-state index is -0.400. The van der Waals surface area contributed by atoms with E-state index in [9.17, 15) is 14.0 Å². The number of rotatable bonds is 6. The van der Waals surface area contributed by atoms with E-state index in [0.29, 0.717) is 29.5 Å². The van der Waals surface area contributed by atoms with Crippen LogP contribution in [0.5, 0.6) is 0 Å². The molecular weight excluding hydrogens is 405 g/mol. The molecule has 1 saturated heterocycles. The third-order valence-corrected chi connectivity index (χ3v) is 5.70. The van der Waals surface area contributed by atoms with Crippen LogP contribution in [0.3, 0.4) is 0 Å². The number of nitrogens with zero attached hydrogens (tertiary/aromatic N) is 1. The number of halogens is 2. The topological polar surface area (TPSA) is 61.4 Å². The van der Waals surface area contributed by atoms with Gasteiger partial charge in [-0.1, -0.05) is 29.8 Å². The Morgan fingerprint density at radius 2 is 2.07 bits per heavy atom. The van der Waals surface area contributed by atoms with Crippen LogP contribution in [0.4, 0.5) is 14.9 Å². The number of carbonyl (C=O) groups is 2. The number of aryl methyl sites for hydroxylation is 1. The predicted octanol–water partition coefficient (Wildman–Crippen LogP) is 5.13. The molecule has 1 aliphatic rings. The second kappa shape index (κ2) is 10.4. The maximum Gasteiger partial charge on any atom is 0.321 e. The molecular formula is C23H27ClFN3O2. The lowest BCUT2D eigenvalue weighted by atomic mass is 9.93. The molecule has 2 aromatic carbocycles. The fourth-order valence-corrected chi connectivity index (χ4v) is 3.93. The lowest BCUT2D eigenvalue weighted by Crippen LogP contribution is -2.42. The highest BCUT2D eigenvalue weighted by Gasteiger charge is 2.24. The van der Waals surface area contributed by atoms with Crippen LogP contribution in [-0.2, 0) is 11.3 Å². The van der Waals surface area contributed by atoms with Gasteiger partial charge in [0, 0.05) is 36.8 Å². The molecule has 2 N–H and O–H groups in total. The van der Waals surface area contributed by atoms with Gasteiger partial charge in [0.15, 0.2) is 0 Å². The van der Waals surface area contributed by atoms with Gasteiger partial charge in [0.25, 0.3) is 0 Å². The van der Waals surface area contributed by atoms with Crippen molar-refractivity contribution in [1.29, 1.82) is 0 Å². The molecule has 0 bridgehead atoms. The summed E-state index contributed by atoms with van der Waals surface area (Å²) in [6.45, 7) is 3.63. The molecule has 0 spiro atoms. The SMILES string of the molecule is Cc1cccc(NC(=O)N2CCC[C@H](CCC(=O)NCc3ccc(F)cc3Cl)C2)c1. The van der Waals surface area contributed by atoms with Crippen LogP contribution < -0.4 is 10.6 Å². The molecule has 0 aliphatic carbocycles. The molecule has 3 amide bonds. The third-order valence-electron chi connectivity index (χ3n) is 5.35. The predicted molar refractivity (Wildman–Crippen MR) is 117 cm³/mol. The molecule has 0 aromatic heterocycles. The molecule has 0 saturated carbocycles. The van der Waals surface area contributed by atoms with Crippen LogP contribution in [0.25, 0.3) is 0 Å². The standard InChI is InChI=1S/C23H27ClFN3O2/c1-16-4-2-6-20(12-16)27-23(30)28-11-3-5-17(15-28)7-10-22(29)26-14-18-8-9-19(25)13-21(18)24/h2,4,6,8-9,12-13,17H,3,5,7,10-11,14-15H2,1H3,(H,26,29)(H,27,30)/t17-/m1/s1. The molecule has 1 fully saturated rings. The first-order valence-electron chi connectivity index (χ1n) is 10.2. The summed E-state index contributed by atoms with van der Waals surface area (Å²) in [6.07, 6.45) is 3.04. The highest BCUT2D eigenvalue weighted by molar-refractivity contribution is 6.31. The van der Waals surface area contributed by atoms with Crippen molar-refractivity contribution < 1.29 is 14.0 Å². The lowest BCUT2D eigenvalue weighted by molar-refractivity contribution is -0.121. The number of piperidine rings is 1. The highest BCUT2D eigenvalue weighted by Crippen LogP contribution is 2.22. The lowest BCUT2D eigenvalue weighted by Gasteiger charge is -2.32. The number of hydrogen-bond donors (Lipinski definition) is 2. The van der Waals surface area contributed by atoms with E-state index in [1.165, 1.54) is 12.1 Å². The second-order valence-electron chi connectivity index (χ2n) is 7.81. The van der Waals surface area contributed by atoms with Gasteiger partial charge in [0.2, 0.25) is 5.91 Å². The summed E-state index contributed by atoms with van der Waals surface area (Å²) in [6, 6.07) is 11.8. The van der Waals surface area contributed by atoms with E-state index < -0.39 is 5.82 Å². The van der Waals surface area contributed by atoms with Crippen molar-refractivity contribution in [2.24, 2.45) is 5.92 Å². The van der Waals surface area contributed by atoms with Crippen LogP contribution in [0.1, 0.15) is 36.8 Å². The number of carbonyl (C=O) groups excluding carboxylic acids is 2. The first-order valence-corrected chi connectivity index (χ1v) is 10.6. The van der Waals surface area contributed by atoms with E-state index in [0.717, 1.165) is 37.1 Å². The molecule has 1 atom stereocenters. The number of hydrogen-bond acceptors (Lipinski definition) is 2. The molecule has 7 heteroatoms. The Bertz CT molecular complexity index is 906. The minimum Gasteiger partial charge on any atom is -0.352 e. The van der Waals surface area contributed by atoms with Gasteiger partial charge in [-0.3, -0.25) is 4.79 Å². The normalized spacial score (nSPS) is 16.2. The maximum absolute atomic E-state index is 13.1. The van der Waals surface area contributed by atoms with Crippen molar-refractivity contribution in [3.63, 3.8) is 0 Å². The van der Waals surface area contributed by atoms with Gasteiger partial charge in [-0.05, 0) is 67.5 Å². The fraction of sp³-hybridized carbons (Fsp3) is 0.391. The Morgan fingerprint density at radius 3 is 2.83 bits per heavy atom. The number of anilines is 1. The van der Waals surface area contributed by atoms with Gasteiger partial charge in [-0.15, -0.1) is 0 Å². The second-order valence-corrected chi connectivity index (χ2v) is 8.21. The molecule has 0 unspecified atom stereocenters. The van der Waals surface area contributed by atoms with Crippen LogP contribution in [0, 0.1) is 18.7 Å². The molecule has 0 radical (unpaired) electrons. The van der Waals surface area contributed by atoms with E-state index >= 15 is 0 Å². The Balaban J connectivity index is 1.43. The van der Waals surface area contributed by atoms with Crippen LogP contribution >= 0.6 is 11.6 Å². The molecule has 160 valence electrons. The van der Waals surface area contributed by atoms with Gasteiger partial charge < -0.3 is 15.5 Å². The van der Waals surface area contributed by atoms with Crippen molar-refractivity contribution in [3.05, 3.63) is 64.4 Å². The largest absolute Gasteiger partial charge is 0.352 e. The van der Waals surface area contributed by atoms with Crippen LogP contribution in [0.15, 0.2) is 42.5 Å². The first-order chi connectivity index (χ1) is 14.4. The van der Waals surface area contributed by atoms with Crippen molar-refractivity contribution in [1.82, 2.24) is 10.2 Å². The monoisotopic (exact) mass is 431 g/mol. The third kappa shape index (κ3) is 6.46. The Kier molecular flexibility index (Phi) is 7.69. The Hall–Kier alpha value is -2.60. The molecule has 5 nitrogen and oxygen atoms in total. The van der Waals surface area contributed by atoms with Crippen LogP contribution in [-0.4, -0.2) is 29.9 Å². The summed E-state index contributed by atoms with van der Waals surface area (Å²) in [5, 5.41) is 6.09. The van der Waals surface area contributed by atoms with Crippen molar-refractivity contribution >= 4 is 29.2 Å². The highest BCUT2D eigenvalue weighted by atomic mass is 35.5. The Labute approximate surface area is 181 Å². The van der Waals surface area contributed by atoms with E-state index in [2.05, 4.69) is 10.6 Å². The zero-order valence-electron chi connectivity index (χ0n) is 17.1. The number of urea groups is 1. The van der Waals surface area contributed by atoms with Gasteiger partial charge in [-0.2, -0.15) is 0 Å². The van der Waals surface area contributed by atoms with E-state index in [4.69, 9.17) is 11.6 Å². The quantitative estimate of drug-likeness (QED) is 0.666. The zero-order valence-corrected chi connectivity index (χ0v) is 17.8. The first kappa shape index (κ1) is 22.1. The summed E-state index contributed by atoms with van der Waals surface area (Å²) in [5.41, 5.74) is 2.57. The molecule has 1 heterocycles. The minimum absolute atomic E-state index is 0.0725. The van der Waals surface area contributed by atoms with E-state index in [1.807, 2.05) is 36.1 Å². The summed E-state index contributed by atoms with van der Waals surface area (Å²) >= 11 is 5.99. The van der Waals surface area contributed by atoms with E-state index in [1.54, 1.807) is 6.07 Å². The zero-order chi connectivity index (χ0) is 21.5. The molecule has 1 aliphatic heterocycles. The van der Waals surface area contributed by atoms with Gasteiger partial charge >= 0.3 is 6.03 Å². The molecule has 30 heavy (non-hydrogen) atoms. The number of likely N-dealkylation sites (tertiary alicyclic amines) is 1. The average molecular weight is 432 g/mol. The Morgan fingerprint density at radius 1 is 1.23 bits per heavy atom. The number of amides is 3. The summed E-state index contributed by atoms with van der Waals surface area (Å²) in [7, 11) is 0. The summed E-state index contributed by atoms with van der Waals surface area (Å²) in [5.74, 6) is -0.178. The smallest absolute Gasteiger partial charge is 0.321 e. The summed E-state index contributed by atoms with van der Waals surface area (Å²) in [4.78, 5) is 26.6. The summed E-state index contributed by atoms with van der Waals surface area (Å²) < 4.78 is 13.1. The van der Waals surface area contributed by atoms with Gasteiger partial charge in [-0.25, -0.2) is 9.18 Å². The van der Waals surface area contributed by atoms with E-state index in [-0.39, 0.29) is 18.5 Å². The van der Waals surface area contributed by atoms with Gasteiger partial charge in [0.05, 0.1) is 0 Å². The molecule has 3 rings (SSSR count). The fourth-order valence-electron chi connectivity index (χ4n) is 3.69.